The fourth-order valence-corrected chi connectivity index (χ4v) is 1.48. The molecule has 0 aromatic heterocycles. The monoisotopic (exact) mass is 216 g/mol. The molecule has 14 heavy (non-hydrogen) atoms. The lowest BCUT2D eigenvalue weighted by atomic mass is 10.1. The molecule has 0 heterocycles. The molecule has 0 fully saturated rings. The Balaban J connectivity index is 2.53. The lowest BCUT2D eigenvalue weighted by Gasteiger charge is -2.11. The third-order valence-electron chi connectivity index (χ3n) is 1.73. The van der Waals surface area contributed by atoms with Crippen molar-refractivity contribution in [1.82, 2.24) is 0 Å². The van der Waals surface area contributed by atoms with Crippen molar-refractivity contribution >= 4 is 11.4 Å². The van der Waals surface area contributed by atoms with Gasteiger partial charge in [-0.25, -0.2) is 0 Å². The number of aliphatic hydroxyl groups excluding tert-OH is 1. The average molecular weight is 216 g/mol. The Morgan fingerprint density at radius 1 is 1.36 bits per heavy atom. The lowest BCUT2D eigenvalue weighted by molar-refractivity contribution is 0.119. The predicted molar refractivity (Wildman–Crippen MR) is 52.9 cm³/mol. The molecule has 1 aromatic carbocycles. The molecule has 1 rings (SSSR count). The smallest absolute Gasteiger partial charge is 0.302 e. The summed E-state index contributed by atoms with van der Waals surface area (Å²) in [4.78, 5) is 0. The highest BCUT2D eigenvalue weighted by molar-refractivity contribution is 7.74. The van der Waals surface area contributed by atoms with Crippen LogP contribution >= 0.6 is 0 Å². The Bertz CT molecular complexity index is 288. The zero-order chi connectivity index (χ0) is 10.4. The molecule has 0 bridgehead atoms. The molecule has 2 atom stereocenters. The van der Waals surface area contributed by atoms with Crippen LogP contribution < -0.4 is 0 Å². The SMILES string of the molecule is O=S(O)OC(CO)Cc1ccccc1. The molecule has 0 aliphatic rings. The maximum absolute atomic E-state index is 10.3. The van der Waals surface area contributed by atoms with Crippen LogP contribution in [0.1, 0.15) is 5.56 Å². The molecule has 5 heteroatoms. The van der Waals surface area contributed by atoms with Crippen LogP contribution in [0.2, 0.25) is 0 Å². The summed E-state index contributed by atoms with van der Waals surface area (Å²) in [6.45, 7) is -0.277. The first-order valence-electron chi connectivity index (χ1n) is 4.15. The van der Waals surface area contributed by atoms with E-state index in [0.29, 0.717) is 6.42 Å². The Labute approximate surface area is 85.0 Å². The van der Waals surface area contributed by atoms with E-state index in [0.717, 1.165) is 5.56 Å². The van der Waals surface area contributed by atoms with E-state index in [-0.39, 0.29) is 6.61 Å². The maximum atomic E-state index is 10.3. The molecule has 4 nitrogen and oxygen atoms in total. The number of aliphatic hydroxyl groups is 1. The first-order valence-corrected chi connectivity index (χ1v) is 5.18. The van der Waals surface area contributed by atoms with E-state index in [1.165, 1.54) is 0 Å². The Morgan fingerprint density at radius 2 is 2.00 bits per heavy atom. The van der Waals surface area contributed by atoms with E-state index in [9.17, 15) is 4.21 Å². The number of rotatable bonds is 5. The van der Waals surface area contributed by atoms with Crippen LogP contribution in [-0.2, 0) is 22.0 Å². The molecule has 0 saturated carbocycles. The lowest BCUT2D eigenvalue weighted by Crippen LogP contribution is -2.21. The predicted octanol–water partition coefficient (Wildman–Crippen LogP) is 0.743. The Hall–Kier alpha value is -0.750. The molecule has 0 radical (unpaired) electrons. The minimum absolute atomic E-state index is 0.277. The van der Waals surface area contributed by atoms with Gasteiger partial charge in [0.2, 0.25) is 0 Å². The molecule has 0 spiro atoms. The molecule has 78 valence electrons. The Morgan fingerprint density at radius 3 is 2.50 bits per heavy atom. The summed E-state index contributed by atoms with van der Waals surface area (Å²) in [6.07, 6.45) is -0.216. The summed E-state index contributed by atoms with van der Waals surface area (Å²) in [5, 5.41) is 8.87. The van der Waals surface area contributed by atoms with Crippen molar-refractivity contribution in [3.8, 4) is 0 Å². The first kappa shape index (κ1) is 11.3. The van der Waals surface area contributed by atoms with Gasteiger partial charge in [0.15, 0.2) is 0 Å². The minimum atomic E-state index is -2.33. The zero-order valence-electron chi connectivity index (χ0n) is 7.50. The molecule has 2 unspecified atom stereocenters. The molecule has 0 aliphatic carbocycles. The van der Waals surface area contributed by atoms with Crippen LogP contribution in [0.25, 0.3) is 0 Å². The van der Waals surface area contributed by atoms with Crippen molar-refractivity contribution in [2.75, 3.05) is 6.61 Å². The quantitative estimate of drug-likeness (QED) is 0.712. The van der Waals surface area contributed by atoms with E-state index in [4.69, 9.17) is 9.66 Å². The molecular formula is C9H12O4S. The van der Waals surface area contributed by atoms with Gasteiger partial charge in [-0.1, -0.05) is 30.3 Å². The molecule has 0 saturated heterocycles. The molecule has 1 aromatic rings. The van der Waals surface area contributed by atoms with Gasteiger partial charge >= 0.3 is 11.4 Å². The second-order valence-corrected chi connectivity index (χ2v) is 3.43. The summed E-state index contributed by atoms with van der Waals surface area (Å²) >= 11 is -2.33. The number of hydrogen-bond acceptors (Lipinski definition) is 3. The van der Waals surface area contributed by atoms with Crippen LogP contribution in [0.3, 0.4) is 0 Å². The van der Waals surface area contributed by atoms with E-state index in [1.807, 2.05) is 30.3 Å². The van der Waals surface area contributed by atoms with Crippen molar-refractivity contribution in [1.29, 1.82) is 0 Å². The average Bonchev–Trinajstić information content (AvgIpc) is 2.17. The maximum Gasteiger partial charge on any atom is 0.302 e. The molecule has 0 amide bonds. The van der Waals surface area contributed by atoms with Crippen LogP contribution in [0.4, 0.5) is 0 Å². The zero-order valence-corrected chi connectivity index (χ0v) is 8.31. The van der Waals surface area contributed by atoms with Gasteiger partial charge in [-0.3, -0.25) is 8.74 Å². The second-order valence-electron chi connectivity index (χ2n) is 2.81. The summed E-state index contributed by atoms with van der Waals surface area (Å²) in [7, 11) is 0. The van der Waals surface area contributed by atoms with Gasteiger partial charge in [0.25, 0.3) is 0 Å². The van der Waals surface area contributed by atoms with Crippen LogP contribution in [0, 0.1) is 0 Å². The fourth-order valence-electron chi connectivity index (χ4n) is 1.12. The summed E-state index contributed by atoms with van der Waals surface area (Å²) in [5.41, 5.74) is 0.956. The summed E-state index contributed by atoms with van der Waals surface area (Å²) in [6, 6.07) is 9.33. The number of hydrogen-bond donors (Lipinski definition) is 2. The molecule has 0 aliphatic heterocycles. The van der Waals surface area contributed by atoms with Crippen molar-refractivity contribution in [2.45, 2.75) is 12.5 Å². The standard InChI is InChI=1S/C9H12O4S/c10-7-9(13-14(11)12)6-8-4-2-1-3-5-8/h1-5,9-10H,6-7H2,(H,11,12). The third kappa shape index (κ3) is 3.97. The molecule has 2 N–H and O–H groups in total. The van der Waals surface area contributed by atoms with Gasteiger partial charge in [0, 0.05) is 6.42 Å². The van der Waals surface area contributed by atoms with E-state index >= 15 is 0 Å². The summed E-state index contributed by atoms with van der Waals surface area (Å²) < 4.78 is 23.4. The highest BCUT2D eigenvalue weighted by atomic mass is 32.2. The van der Waals surface area contributed by atoms with Gasteiger partial charge in [-0.05, 0) is 5.56 Å². The van der Waals surface area contributed by atoms with Crippen molar-refractivity contribution in [2.24, 2.45) is 0 Å². The number of benzene rings is 1. The third-order valence-corrected chi connectivity index (χ3v) is 2.17. The Kier molecular flexibility index (Phi) is 4.75. The summed E-state index contributed by atoms with van der Waals surface area (Å²) in [5.74, 6) is 0. The van der Waals surface area contributed by atoms with E-state index in [2.05, 4.69) is 4.18 Å². The minimum Gasteiger partial charge on any atom is -0.394 e. The van der Waals surface area contributed by atoms with E-state index < -0.39 is 17.5 Å². The second kappa shape index (κ2) is 5.87. The van der Waals surface area contributed by atoms with Gasteiger partial charge < -0.3 is 5.11 Å². The molecular weight excluding hydrogens is 204 g/mol. The first-order chi connectivity index (χ1) is 6.72. The van der Waals surface area contributed by atoms with Crippen LogP contribution in [-0.4, -0.2) is 26.6 Å². The van der Waals surface area contributed by atoms with Gasteiger partial charge in [-0.15, -0.1) is 0 Å². The van der Waals surface area contributed by atoms with Gasteiger partial charge in [-0.2, -0.15) is 4.21 Å². The normalized spacial score (nSPS) is 15.0. The van der Waals surface area contributed by atoms with Crippen molar-refractivity contribution in [3.63, 3.8) is 0 Å². The van der Waals surface area contributed by atoms with Crippen LogP contribution in [0.15, 0.2) is 30.3 Å². The van der Waals surface area contributed by atoms with Gasteiger partial charge in [0.05, 0.1) is 6.61 Å². The highest BCUT2D eigenvalue weighted by Gasteiger charge is 2.11. The largest absolute Gasteiger partial charge is 0.394 e. The van der Waals surface area contributed by atoms with E-state index in [1.54, 1.807) is 0 Å². The highest BCUT2D eigenvalue weighted by Crippen LogP contribution is 2.06. The topological polar surface area (TPSA) is 66.8 Å². The van der Waals surface area contributed by atoms with Crippen LogP contribution in [0.5, 0.6) is 0 Å². The fraction of sp³-hybridized carbons (Fsp3) is 0.333. The van der Waals surface area contributed by atoms with Crippen molar-refractivity contribution in [3.05, 3.63) is 35.9 Å². The van der Waals surface area contributed by atoms with Gasteiger partial charge in [0.1, 0.15) is 6.10 Å². The van der Waals surface area contributed by atoms with Crippen molar-refractivity contribution < 1.29 is 18.1 Å².